The van der Waals surface area contributed by atoms with Gasteiger partial charge in [-0.2, -0.15) is 0 Å². The van der Waals surface area contributed by atoms with Gasteiger partial charge in [-0.1, -0.05) is 0 Å². The molecule has 17 heavy (non-hydrogen) atoms. The predicted octanol–water partition coefficient (Wildman–Crippen LogP) is 3.50. The van der Waals surface area contributed by atoms with Gasteiger partial charge in [-0.15, -0.1) is 11.3 Å². The van der Waals surface area contributed by atoms with E-state index in [1.54, 1.807) is 0 Å². The maximum atomic E-state index is 3.57. The van der Waals surface area contributed by atoms with Gasteiger partial charge < -0.3 is 5.32 Å². The average molecular weight is 317 g/mol. The number of rotatable bonds is 4. The third-order valence-corrected chi connectivity index (χ3v) is 5.33. The Morgan fingerprint density at radius 3 is 2.88 bits per heavy atom. The molecule has 1 fully saturated rings. The second-order valence-electron chi connectivity index (χ2n) is 5.05. The normalized spacial score (nSPS) is 25.9. The molecular formula is C13H21BrN2S. The van der Waals surface area contributed by atoms with Gasteiger partial charge in [0.05, 0.1) is 0 Å². The summed E-state index contributed by atoms with van der Waals surface area (Å²) in [5.41, 5.74) is 0. The molecule has 0 saturated carbocycles. The van der Waals surface area contributed by atoms with Crippen LogP contribution in [0.2, 0.25) is 0 Å². The molecule has 2 atom stereocenters. The third-order valence-electron chi connectivity index (χ3n) is 3.57. The van der Waals surface area contributed by atoms with E-state index in [4.69, 9.17) is 0 Å². The Kier molecular flexibility index (Phi) is 4.64. The van der Waals surface area contributed by atoms with E-state index in [-0.39, 0.29) is 0 Å². The van der Waals surface area contributed by atoms with Crippen molar-refractivity contribution in [2.45, 2.75) is 32.4 Å². The lowest BCUT2D eigenvalue weighted by atomic mass is 9.98. The summed E-state index contributed by atoms with van der Waals surface area (Å²) in [5, 5.41) is 5.54. The minimum Gasteiger partial charge on any atom is -0.319 e. The first-order chi connectivity index (χ1) is 8.13. The third kappa shape index (κ3) is 2.92. The van der Waals surface area contributed by atoms with Gasteiger partial charge in [0.15, 0.2) is 0 Å². The Hall–Kier alpha value is 0.1000. The van der Waals surface area contributed by atoms with Crippen molar-refractivity contribution in [3.8, 4) is 0 Å². The van der Waals surface area contributed by atoms with Crippen molar-refractivity contribution in [1.29, 1.82) is 0 Å². The molecule has 4 heteroatoms. The molecule has 1 saturated heterocycles. The standard InChI is InChI=1S/C13H21BrN2S/c1-9(2)16-5-4-10(7-15-3)13(16)12-6-11(14)8-17-12/h6,8-10,13,15H,4-5,7H2,1-3H3. The predicted molar refractivity (Wildman–Crippen MR) is 78.6 cm³/mol. The van der Waals surface area contributed by atoms with Crippen molar-refractivity contribution in [1.82, 2.24) is 10.2 Å². The number of nitrogens with zero attached hydrogens (tertiary/aromatic N) is 1. The zero-order valence-electron chi connectivity index (χ0n) is 10.7. The molecule has 2 unspecified atom stereocenters. The lowest BCUT2D eigenvalue weighted by Gasteiger charge is -2.30. The summed E-state index contributed by atoms with van der Waals surface area (Å²) >= 11 is 5.45. The number of likely N-dealkylation sites (tertiary alicyclic amines) is 1. The highest BCUT2D eigenvalue weighted by Crippen LogP contribution is 2.41. The van der Waals surface area contributed by atoms with Crippen LogP contribution in [0.3, 0.4) is 0 Å². The smallest absolute Gasteiger partial charge is 0.0485 e. The van der Waals surface area contributed by atoms with Gasteiger partial charge >= 0.3 is 0 Å². The van der Waals surface area contributed by atoms with Crippen LogP contribution in [0.25, 0.3) is 0 Å². The number of nitrogens with one attached hydrogen (secondary N) is 1. The SMILES string of the molecule is CNCC1CCN(C(C)C)C1c1cc(Br)cs1. The molecule has 1 aromatic heterocycles. The molecular weight excluding hydrogens is 296 g/mol. The molecule has 0 aliphatic carbocycles. The van der Waals surface area contributed by atoms with Crippen LogP contribution in [0, 0.1) is 5.92 Å². The summed E-state index contributed by atoms with van der Waals surface area (Å²) < 4.78 is 1.22. The maximum Gasteiger partial charge on any atom is 0.0485 e. The number of thiophene rings is 1. The van der Waals surface area contributed by atoms with Crippen LogP contribution >= 0.6 is 27.3 Å². The summed E-state index contributed by atoms with van der Waals surface area (Å²) in [6, 6.07) is 3.51. The second-order valence-corrected chi connectivity index (χ2v) is 6.91. The topological polar surface area (TPSA) is 15.3 Å². The largest absolute Gasteiger partial charge is 0.319 e. The van der Waals surface area contributed by atoms with E-state index in [1.807, 2.05) is 11.3 Å². The maximum absolute atomic E-state index is 3.57. The highest BCUT2D eigenvalue weighted by atomic mass is 79.9. The monoisotopic (exact) mass is 316 g/mol. The van der Waals surface area contributed by atoms with Gasteiger partial charge in [-0.3, -0.25) is 4.90 Å². The van der Waals surface area contributed by atoms with Crippen LogP contribution in [-0.4, -0.2) is 31.1 Å². The summed E-state index contributed by atoms with van der Waals surface area (Å²) in [6.45, 7) is 6.95. The van der Waals surface area contributed by atoms with Gasteiger partial charge in [0.2, 0.25) is 0 Å². The first kappa shape index (κ1) is 13.5. The molecule has 0 radical (unpaired) electrons. The summed E-state index contributed by atoms with van der Waals surface area (Å²) in [5.74, 6) is 0.743. The van der Waals surface area contributed by atoms with Crippen LogP contribution in [0.15, 0.2) is 15.9 Å². The zero-order valence-corrected chi connectivity index (χ0v) is 13.1. The fourth-order valence-corrected chi connectivity index (χ4v) is 4.47. The van der Waals surface area contributed by atoms with Crippen molar-refractivity contribution in [2.75, 3.05) is 20.1 Å². The summed E-state index contributed by atoms with van der Waals surface area (Å²) in [7, 11) is 2.05. The van der Waals surface area contributed by atoms with Gasteiger partial charge in [-0.05, 0) is 68.3 Å². The average Bonchev–Trinajstić information content (AvgIpc) is 2.84. The van der Waals surface area contributed by atoms with E-state index in [0.717, 1.165) is 12.5 Å². The van der Waals surface area contributed by atoms with Crippen molar-refractivity contribution in [2.24, 2.45) is 5.92 Å². The van der Waals surface area contributed by atoms with Gasteiger partial charge in [0, 0.05) is 26.8 Å². The van der Waals surface area contributed by atoms with Crippen molar-refractivity contribution < 1.29 is 0 Å². The van der Waals surface area contributed by atoms with E-state index in [9.17, 15) is 0 Å². The Labute approximate surface area is 117 Å². The van der Waals surface area contributed by atoms with Crippen molar-refractivity contribution >= 4 is 27.3 Å². The first-order valence-corrected chi connectivity index (χ1v) is 7.95. The molecule has 0 aromatic carbocycles. The summed E-state index contributed by atoms with van der Waals surface area (Å²) in [4.78, 5) is 4.14. The quantitative estimate of drug-likeness (QED) is 0.914. The van der Waals surface area contributed by atoms with Crippen LogP contribution in [0.4, 0.5) is 0 Å². The number of halogens is 1. The minimum atomic E-state index is 0.596. The molecule has 2 heterocycles. The number of hydrogen-bond acceptors (Lipinski definition) is 3. The Bertz CT molecular complexity index is 364. The van der Waals surface area contributed by atoms with Crippen LogP contribution in [0.1, 0.15) is 31.2 Å². The van der Waals surface area contributed by atoms with Gasteiger partial charge in [-0.25, -0.2) is 0 Å². The molecule has 1 N–H and O–H groups in total. The highest BCUT2D eigenvalue weighted by Gasteiger charge is 2.36. The Morgan fingerprint density at radius 2 is 2.35 bits per heavy atom. The molecule has 1 aliphatic rings. The molecule has 1 aromatic rings. The molecule has 0 spiro atoms. The molecule has 2 rings (SSSR count). The van der Waals surface area contributed by atoms with Crippen molar-refractivity contribution in [3.05, 3.63) is 20.8 Å². The van der Waals surface area contributed by atoms with Crippen LogP contribution in [0.5, 0.6) is 0 Å². The number of hydrogen-bond donors (Lipinski definition) is 1. The van der Waals surface area contributed by atoms with Crippen LogP contribution in [-0.2, 0) is 0 Å². The van der Waals surface area contributed by atoms with Crippen LogP contribution < -0.4 is 5.32 Å². The van der Waals surface area contributed by atoms with Gasteiger partial charge in [0.25, 0.3) is 0 Å². The highest BCUT2D eigenvalue weighted by molar-refractivity contribution is 9.10. The van der Waals surface area contributed by atoms with E-state index in [1.165, 1.54) is 22.3 Å². The lowest BCUT2D eigenvalue weighted by molar-refractivity contribution is 0.185. The minimum absolute atomic E-state index is 0.596. The Morgan fingerprint density at radius 1 is 1.59 bits per heavy atom. The lowest BCUT2D eigenvalue weighted by Crippen LogP contribution is -2.33. The zero-order chi connectivity index (χ0) is 12.4. The fraction of sp³-hybridized carbons (Fsp3) is 0.692. The van der Waals surface area contributed by atoms with E-state index in [2.05, 4.69) is 58.5 Å². The van der Waals surface area contributed by atoms with Gasteiger partial charge in [0.1, 0.15) is 0 Å². The van der Waals surface area contributed by atoms with Crippen molar-refractivity contribution in [3.63, 3.8) is 0 Å². The van der Waals surface area contributed by atoms with E-state index >= 15 is 0 Å². The molecule has 96 valence electrons. The second kappa shape index (κ2) is 5.83. The summed E-state index contributed by atoms with van der Waals surface area (Å²) in [6.07, 6.45) is 1.30. The fourth-order valence-electron chi connectivity index (χ4n) is 2.82. The molecule has 1 aliphatic heterocycles. The molecule has 0 bridgehead atoms. The first-order valence-electron chi connectivity index (χ1n) is 6.27. The molecule has 0 amide bonds. The van der Waals surface area contributed by atoms with E-state index < -0.39 is 0 Å². The van der Waals surface area contributed by atoms with E-state index in [0.29, 0.717) is 12.1 Å². The Balaban J connectivity index is 2.22. The molecule has 2 nitrogen and oxygen atoms in total.